The summed E-state index contributed by atoms with van der Waals surface area (Å²) in [4.78, 5) is 27.3. The summed E-state index contributed by atoms with van der Waals surface area (Å²) in [6, 6.07) is 5.50. The van der Waals surface area contributed by atoms with Gasteiger partial charge in [-0.1, -0.05) is 6.92 Å². The van der Waals surface area contributed by atoms with Crippen LogP contribution in [0.3, 0.4) is 0 Å². The number of ether oxygens (including phenoxy) is 1. The van der Waals surface area contributed by atoms with E-state index in [1.54, 1.807) is 6.07 Å². The Morgan fingerprint density at radius 2 is 2.36 bits per heavy atom. The van der Waals surface area contributed by atoms with Crippen LogP contribution in [0.25, 0.3) is 11.3 Å². The molecular formula is C15H15N3O3S. The van der Waals surface area contributed by atoms with Gasteiger partial charge in [-0.2, -0.15) is 0 Å². The highest BCUT2D eigenvalue weighted by molar-refractivity contribution is 7.14. The first kappa shape index (κ1) is 14.5. The van der Waals surface area contributed by atoms with Gasteiger partial charge in [0.1, 0.15) is 5.75 Å². The minimum absolute atomic E-state index is 0.0329. The maximum atomic E-state index is 11.6. The van der Waals surface area contributed by atoms with Crippen LogP contribution in [0.5, 0.6) is 5.75 Å². The van der Waals surface area contributed by atoms with Crippen molar-refractivity contribution < 1.29 is 14.3 Å². The molecule has 6 nitrogen and oxygen atoms in total. The van der Waals surface area contributed by atoms with Gasteiger partial charge in [0.15, 0.2) is 11.7 Å². The van der Waals surface area contributed by atoms with E-state index in [0.29, 0.717) is 23.0 Å². The first-order chi connectivity index (χ1) is 10.7. The third-order valence-corrected chi connectivity index (χ3v) is 3.89. The lowest BCUT2D eigenvalue weighted by atomic mass is 10.1. The molecule has 0 fully saturated rings. The molecule has 0 spiro atoms. The predicted molar refractivity (Wildman–Crippen MR) is 85.2 cm³/mol. The largest absolute Gasteiger partial charge is 0.482 e. The lowest BCUT2D eigenvalue weighted by Gasteiger charge is -2.18. The summed E-state index contributed by atoms with van der Waals surface area (Å²) in [5, 5.41) is 7.99. The molecule has 0 saturated carbocycles. The van der Waals surface area contributed by atoms with Crippen LogP contribution in [0.1, 0.15) is 19.8 Å². The molecule has 2 amide bonds. The zero-order chi connectivity index (χ0) is 15.5. The van der Waals surface area contributed by atoms with E-state index >= 15 is 0 Å². The molecule has 114 valence electrons. The number of nitrogens with one attached hydrogen (secondary N) is 2. The van der Waals surface area contributed by atoms with Crippen LogP contribution in [0.4, 0.5) is 10.8 Å². The van der Waals surface area contributed by atoms with Gasteiger partial charge in [0, 0.05) is 17.4 Å². The summed E-state index contributed by atoms with van der Waals surface area (Å²) < 4.78 is 5.32. The Morgan fingerprint density at radius 3 is 3.18 bits per heavy atom. The quantitative estimate of drug-likeness (QED) is 0.908. The smallest absolute Gasteiger partial charge is 0.262 e. The zero-order valence-corrected chi connectivity index (χ0v) is 12.8. The number of aromatic nitrogens is 1. The van der Waals surface area contributed by atoms with Crippen molar-refractivity contribution in [3.63, 3.8) is 0 Å². The van der Waals surface area contributed by atoms with Gasteiger partial charge in [-0.25, -0.2) is 4.98 Å². The van der Waals surface area contributed by atoms with Crippen LogP contribution in [0, 0.1) is 0 Å². The highest BCUT2D eigenvalue weighted by atomic mass is 32.1. The van der Waals surface area contributed by atoms with Crippen molar-refractivity contribution in [1.82, 2.24) is 4.98 Å². The Bertz CT molecular complexity index is 727. The van der Waals surface area contributed by atoms with Gasteiger partial charge in [-0.3, -0.25) is 9.59 Å². The summed E-state index contributed by atoms with van der Waals surface area (Å²) in [5.41, 5.74) is 2.24. The number of rotatable bonds is 4. The number of amides is 2. The van der Waals surface area contributed by atoms with Gasteiger partial charge >= 0.3 is 0 Å². The fourth-order valence-electron chi connectivity index (χ4n) is 2.12. The van der Waals surface area contributed by atoms with Crippen molar-refractivity contribution in [2.75, 3.05) is 17.2 Å². The van der Waals surface area contributed by atoms with Gasteiger partial charge in [-0.15, -0.1) is 11.3 Å². The van der Waals surface area contributed by atoms with E-state index < -0.39 is 0 Å². The molecule has 7 heteroatoms. The highest BCUT2D eigenvalue weighted by Crippen LogP contribution is 2.33. The normalized spacial score (nSPS) is 13.0. The monoisotopic (exact) mass is 317 g/mol. The van der Waals surface area contributed by atoms with E-state index in [1.807, 2.05) is 24.4 Å². The molecule has 0 atom stereocenters. The van der Waals surface area contributed by atoms with Crippen molar-refractivity contribution in [1.29, 1.82) is 0 Å². The van der Waals surface area contributed by atoms with Gasteiger partial charge < -0.3 is 15.4 Å². The fraction of sp³-hybridized carbons (Fsp3) is 0.267. The molecular weight excluding hydrogens is 302 g/mol. The van der Waals surface area contributed by atoms with Crippen LogP contribution < -0.4 is 15.4 Å². The molecule has 0 saturated heterocycles. The molecule has 22 heavy (non-hydrogen) atoms. The fourth-order valence-corrected chi connectivity index (χ4v) is 2.85. The Labute approximate surface area is 131 Å². The number of fused-ring (bicyclic) bond motifs is 1. The number of thiazole rings is 1. The number of nitrogens with zero attached hydrogens (tertiary/aromatic N) is 1. The van der Waals surface area contributed by atoms with Gasteiger partial charge in [-0.05, 0) is 24.6 Å². The van der Waals surface area contributed by atoms with Crippen LogP contribution >= 0.6 is 11.3 Å². The lowest BCUT2D eigenvalue weighted by molar-refractivity contribution is -0.118. The molecule has 0 bridgehead atoms. The Balaban J connectivity index is 1.80. The molecule has 2 heterocycles. The molecule has 1 aromatic heterocycles. The average Bonchev–Trinajstić information content (AvgIpc) is 2.95. The maximum absolute atomic E-state index is 11.6. The number of hydrogen-bond donors (Lipinski definition) is 2. The second-order valence-electron chi connectivity index (χ2n) is 4.88. The van der Waals surface area contributed by atoms with Crippen LogP contribution in [0.2, 0.25) is 0 Å². The average molecular weight is 317 g/mol. The molecule has 2 N–H and O–H groups in total. The minimum atomic E-state index is -0.171. The molecule has 2 aromatic rings. The number of hydrogen-bond acceptors (Lipinski definition) is 5. The third-order valence-electron chi connectivity index (χ3n) is 3.14. The summed E-state index contributed by atoms with van der Waals surface area (Å²) in [5.74, 6) is 0.444. The van der Waals surface area contributed by atoms with E-state index in [1.165, 1.54) is 11.3 Å². The summed E-state index contributed by atoms with van der Waals surface area (Å²) in [6.07, 6.45) is 1.28. The second-order valence-corrected chi connectivity index (χ2v) is 5.74. The van der Waals surface area contributed by atoms with Crippen molar-refractivity contribution in [2.45, 2.75) is 19.8 Å². The van der Waals surface area contributed by atoms with Crippen molar-refractivity contribution in [2.24, 2.45) is 0 Å². The molecule has 3 rings (SSSR count). The van der Waals surface area contributed by atoms with Crippen molar-refractivity contribution >= 4 is 34.0 Å². The molecule has 1 aliphatic heterocycles. The predicted octanol–water partition coefficient (Wildman–Crippen LogP) is 2.88. The summed E-state index contributed by atoms with van der Waals surface area (Å²) in [6.45, 7) is 1.99. The van der Waals surface area contributed by atoms with Crippen LogP contribution in [0.15, 0.2) is 23.6 Å². The Kier molecular flexibility index (Phi) is 4.06. The molecule has 0 aliphatic carbocycles. The van der Waals surface area contributed by atoms with Crippen LogP contribution in [-0.4, -0.2) is 23.4 Å². The number of carbonyl (C=O) groups excluding carboxylic acids is 2. The van der Waals surface area contributed by atoms with Crippen molar-refractivity contribution in [3.8, 4) is 17.0 Å². The Morgan fingerprint density at radius 1 is 1.50 bits per heavy atom. The number of anilines is 2. The minimum Gasteiger partial charge on any atom is -0.482 e. The maximum Gasteiger partial charge on any atom is 0.262 e. The van der Waals surface area contributed by atoms with Gasteiger partial charge in [0.25, 0.3) is 5.91 Å². The van der Waals surface area contributed by atoms with E-state index in [2.05, 4.69) is 15.6 Å². The van der Waals surface area contributed by atoms with E-state index in [0.717, 1.165) is 17.7 Å². The zero-order valence-electron chi connectivity index (χ0n) is 12.0. The van der Waals surface area contributed by atoms with Gasteiger partial charge in [0.2, 0.25) is 5.91 Å². The SMILES string of the molecule is CCCC(=O)Nc1nc(-c2ccc3c(c2)NC(=O)CO3)cs1. The first-order valence-electron chi connectivity index (χ1n) is 6.98. The summed E-state index contributed by atoms with van der Waals surface area (Å²) >= 11 is 1.37. The first-order valence-corrected chi connectivity index (χ1v) is 7.86. The Hall–Kier alpha value is -2.41. The summed E-state index contributed by atoms with van der Waals surface area (Å²) in [7, 11) is 0. The topological polar surface area (TPSA) is 80.3 Å². The molecule has 0 unspecified atom stereocenters. The van der Waals surface area contributed by atoms with E-state index in [9.17, 15) is 9.59 Å². The van der Waals surface area contributed by atoms with E-state index in [4.69, 9.17) is 4.74 Å². The molecule has 0 radical (unpaired) electrons. The second kappa shape index (κ2) is 6.15. The molecule has 1 aromatic carbocycles. The standard InChI is InChI=1S/C15H15N3O3S/c1-2-3-13(19)18-15-17-11(8-22-15)9-4-5-12-10(6-9)16-14(20)7-21-12/h4-6,8H,2-3,7H2,1H3,(H,16,20)(H,17,18,19). The van der Waals surface area contributed by atoms with E-state index in [-0.39, 0.29) is 18.4 Å². The lowest BCUT2D eigenvalue weighted by Crippen LogP contribution is -2.25. The highest BCUT2D eigenvalue weighted by Gasteiger charge is 2.17. The number of benzene rings is 1. The number of carbonyl (C=O) groups is 2. The molecule has 1 aliphatic rings. The van der Waals surface area contributed by atoms with Crippen LogP contribution in [-0.2, 0) is 9.59 Å². The third kappa shape index (κ3) is 3.09. The van der Waals surface area contributed by atoms with Crippen molar-refractivity contribution in [3.05, 3.63) is 23.6 Å². The van der Waals surface area contributed by atoms with Gasteiger partial charge in [0.05, 0.1) is 11.4 Å².